The molecule has 3 amide bonds. The van der Waals surface area contributed by atoms with Gasteiger partial charge in [0.25, 0.3) is 5.91 Å². The Morgan fingerprint density at radius 1 is 1.09 bits per heavy atom. The molecule has 10 heteroatoms. The fourth-order valence-corrected chi connectivity index (χ4v) is 5.54. The number of carbonyl (C=O) groups excluding carboxylic acids is 3. The summed E-state index contributed by atoms with van der Waals surface area (Å²) in [5.41, 5.74) is 2.59. The average molecular weight is 465 g/mol. The van der Waals surface area contributed by atoms with Crippen molar-refractivity contribution in [1.29, 1.82) is 0 Å². The van der Waals surface area contributed by atoms with Crippen LogP contribution in [0.3, 0.4) is 0 Å². The summed E-state index contributed by atoms with van der Waals surface area (Å²) in [7, 11) is -3.75. The molecule has 3 heterocycles. The fourth-order valence-electron chi connectivity index (χ4n) is 4.34. The Kier molecular flexibility index (Phi) is 5.09. The van der Waals surface area contributed by atoms with E-state index in [4.69, 9.17) is 0 Å². The molecule has 33 heavy (non-hydrogen) atoms. The summed E-state index contributed by atoms with van der Waals surface area (Å²) in [5, 5.41) is 3.12. The van der Waals surface area contributed by atoms with Gasteiger partial charge in [0.05, 0.1) is 11.3 Å². The van der Waals surface area contributed by atoms with Gasteiger partial charge < -0.3 is 4.90 Å². The predicted octanol–water partition coefficient (Wildman–Crippen LogP) is 1.94. The maximum Gasteiger partial charge on any atom is 0.255 e. The second kappa shape index (κ2) is 7.96. The van der Waals surface area contributed by atoms with E-state index in [-0.39, 0.29) is 37.0 Å². The number of aromatic nitrogens is 1. The number of rotatable bonds is 5. The third-order valence-corrected chi connectivity index (χ3v) is 7.10. The molecule has 0 radical (unpaired) electrons. The van der Waals surface area contributed by atoms with Crippen LogP contribution < -0.4 is 10.0 Å². The summed E-state index contributed by atoms with van der Waals surface area (Å²) >= 11 is 0. The summed E-state index contributed by atoms with van der Waals surface area (Å²) in [6.07, 6.45) is 2.06. The second-order valence-electron chi connectivity index (χ2n) is 8.13. The van der Waals surface area contributed by atoms with Crippen LogP contribution in [0.2, 0.25) is 0 Å². The molecule has 5 rings (SSSR count). The Balaban J connectivity index is 1.35. The normalized spacial score (nSPS) is 18.4. The number of carbonyl (C=O) groups is 3. The minimum Gasteiger partial charge on any atom is -0.322 e. The molecule has 0 spiro atoms. The zero-order valence-electron chi connectivity index (χ0n) is 17.4. The number of nitrogens with one attached hydrogen (secondary N) is 2. The molecular formula is C23H20N4O5S. The quantitative estimate of drug-likeness (QED) is 0.556. The van der Waals surface area contributed by atoms with Gasteiger partial charge in [0.1, 0.15) is 6.04 Å². The Labute approximate surface area is 189 Å². The van der Waals surface area contributed by atoms with Crippen molar-refractivity contribution < 1.29 is 22.8 Å². The molecule has 2 N–H and O–H groups in total. The van der Waals surface area contributed by atoms with Gasteiger partial charge in [-0.05, 0) is 41.8 Å². The number of hydrogen-bond acceptors (Lipinski definition) is 6. The van der Waals surface area contributed by atoms with Gasteiger partial charge in [-0.1, -0.05) is 24.3 Å². The van der Waals surface area contributed by atoms with Crippen LogP contribution in [0.15, 0.2) is 54.7 Å². The van der Waals surface area contributed by atoms with Crippen molar-refractivity contribution in [2.24, 2.45) is 0 Å². The lowest BCUT2D eigenvalue weighted by molar-refractivity contribution is -0.136. The van der Waals surface area contributed by atoms with Crippen molar-refractivity contribution in [2.75, 3.05) is 4.72 Å². The molecule has 2 aromatic carbocycles. The number of para-hydroxylation sites is 1. The SMILES string of the molecule is O=C1CCC(N2Cc3cc(NS(=O)(=O)Cc4cccc5cccnc45)ccc3C2=O)C(=O)N1. The zero-order valence-corrected chi connectivity index (χ0v) is 18.3. The van der Waals surface area contributed by atoms with Crippen LogP contribution in [0.1, 0.15) is 34.3 Å². The third kappa shape index (κ3) is 4.05. The van der Waals surface area contributed by atoms with E-state index < -0.39 is 22.0 Å². The lowest BCUT2D eigenvalue weighted by atomic mass is 10.0. The maximum atomic E-state index is 12.9. The molecule has 168 valence electrons. The van der Waals surface area contributed by atoms with E-state index >= 15 is 0 Å². The average Bonchev–Trinajstić information content (AvgIpc) is 3.09. The highest BCUT2D eigenvalue weighted by atomic mass is 32.2. The number of piperidine rings is 1. The number of imide groups is 1. The summed E-state index contributed by atoms with van der Waals surface area (Å²) in [5.74, 6) is -1.40. The number of benzene rings is 2. The molecule has 0 saturated carbocycles. The van der Waals surface area contributed by atoms with E-state index in [0.717, 1.165) is 5.39 Å². The standard InChI is InChI=1S/C23H20N4O5S/c28-20-9-8-19(22(29)25-20)27-12-16-11-17(6-7-18(16)23(27)30)26-33(31,32)13-15-4-1-3-14-5-2-10-24-21(14)15/h1-7,10-11,19,26H,8-9,12-13H2,(H,25,28,29). The Bertz CT molecular complexity index is 1410. The van der Waals surface area contributed by atoms with Crippen molar-refractivity contribution >= 4 is 44.3 Å². The molecule has 1 aromatic heterocycles. The van der Waals surface area contributed by atoms with Crippen LogP contribution in [0.5, 0.6) is 0 Å². The maximum absolute atomic E-state index is 12.9. The van der Waals surface area contributed by atoms with Gasteiger partial charge in [-0.2, -0.15) is 0 Å². The van der Waals surface area contributed by atoms with Crippen molar-refractivity contribution in [1.82, 2.24) is 15.2 Å². The molecule has 1 atom stereocenters. The topological polar surface area (TPSA) is 126 Å². The summed E-state index contributed by atoms with van der Waals surface area (Å²) in [6.45, 7) is 0.170. The molecule has 0 aliphatic carbocycles. The second-order valence-corrected chi connectivity index (χ2v) is 9.85. The van der Waals surface area contributed by atoms with Crippen molar-refractivity contribution in [3.05, 3.63) is 71.4 Å². The van der Waals surface area contributed by atoms with E-state index in [0.29, 0.717) is 27.9 Å². The molecule has 0 bridgehead atoms. The van der Waals surface area contributed by atoms with Gasteiger partial charge in [0.2, 0.25) is 21.8 Å². The minimum atomic E-state index is -3.75. The smallest absolute Gasteiger partial charge is 0.255 e. The van der Waals surface area contributed by atoms with Gasteiger partial charge in [-0.15, -0.1) is 0 Å². The zero-order chi connectivity index (χ0) is 23.2. The van der Waals surface area contributed by atoms with Gasteiger partial charge in [0.15, 0.2) is 0 Å². The van der Waals surface area contributed by atoms with Crippen molar-refractivity contribution in [3.63, 3.8) is 0 Å². The van der Waals surface area contributed by atoms with E-state index in [9.17, 15) is 22.8 Å². The van der Waals surface area contributed by atoms with E-state index in [1.807, 2.05) is 12.1 Å². The fraction of sp³-hybridized carbons (Fsp3) is 0.217. The lowest BCUT2D eigenvalue weighted by Gasteiger charge is -2.29. The molecule has 3 aromatic rings. The highest BCUT2D eigenvalue weighted by Gasteiger charge is 2.39. The van der Waals surface area contributed by atoms with Gasteiger partial charge in [-0.3, -0.25) is 29.4 Å². The highest BCUT2D eigenvalue weighted by Crippen LogP contribution is 2.30. The van der Waals surface area contributed by atoms with E-state index in [1.165, 1.54) is 11.0 Å². The van der Waals surface area contributed by atoms with Gasteiger partial charge in [-0.25, -0.2) is 8.42 Å². The number of nitrogens with zero attached hydrogens (tertiary/aromatic N) is 2. The summed E-state index contributed by atoms with van der Waals surface area (Å²) < 4.78 is 28.3. The molecule has 1 unspecified atom stereocenters. The highest BCUT2D eigenvalue weighted by molar-refractivity contribution is 7.91. The third-order valence-electron chi connectivity index (χ3n) is 5.86. The number of pyridine rings is 1. The molecule has 1 fully saturated rings. The van der Waals surface area contributed by atoms with Crippen LogP contribution in [0.4, 0.5) is 5.69 Å². The molecule has 2 aliphatic rings. The Morgan fingerprint density at radius 3 is 2.73 bits per heavy atom. The van der Waals surface area contributed by atoms with Crippen LogP contribution >= 0.6 is 0 Å². The molecule has 9 nitrogen and oxygen atoms in total. The molecule has 1 saturated heterocycles. The van der Waals surface area contributed by atoms with Gasteiger partial charge in [0, 0.05) is 35.8 Å². The Hall–Kier alpha value is -3.79. The number of sulfonamides is 1. The van der Waals surface area contributed by atoms with Crippen LogP contribution in [0, 0.1) is 0 Å². The van der Waals surface area contributed by atoms with Crippen LogP contribution in [0.25, 0.3) is 10.9 Å². The predicted molar refractivity (Wildman–Crippen MR) is 120 cm³/mol. The van der Waals surface area contributed by atoms with Crippen molar-refractivity contribution in [3.8, 4) is 0 Å². The number of hydrogen-bond donors (Lipinski definition) is 2. The summed E-state index contributed by atoms with van der Waals surface area (Å²) in [6, 6.07) is 13.0. The first-order valence-corrected chi connectivity index (χ1v) is 12.1. The first kappa shape index (κ1) is 21.1. The van der Waals surface area contributed by atoms with E-state index in [1.54, 1.807) is 36.5 Å². The van der Waals surface area contributed by atoms with E-state index in [2.05, 4.69) is 15.0 Å². The first-order chi connectivity index (χ1) is 15.8. The lowest BCUT2D eigenvalue weighted by Crippen LogP contribution is -2.52. The van der Waals surface area contributed by atoms with Crippen LogP contribution in [-0.4, -0.2) is 42.1 Å². The van der Waals surface area contributed by atoms with Crippen molar-refractivity contribution in [2.45, 2.75) is 31.2 Å². The summed E-state index contributed by atoms with van der Waals surface area (Å²) in [4.78, 5) is 42.1. The van der Waals surface area contributed by atoms with Gasteiger partial charge >= 0.3 is 0 Å². The molecule has 2 aliphatic heterocycles. The van der Waals surface area contributed by atoms with Crippen LogP contribution in [-0.2, 0) is 31.9 Å². The number of amides is 3. The number of fused-ring (bicyclic) bond motifs is 2. The largest absolute Gasteiger partial charge is 0.322 e. The molecular weight excluding hydrogens is 444 g/mol. The number of anilines is 1. The Morgan fingerprint density at radius 2 is 1.91 bits per heavy atom. The minimum absolute atomic E-state index is 0.170. The monoisotopic (exact) mass is 464 g/mol. The first-order valence-electron chi connectivity index (χ1n) is 10.4.